The molecule has 0 aliphatic heterocycles. The van der Waals surface area contributed by atoms with Gasteiger partial charge in [-0.1, -0.05) is 23.7 Å². The van der Waals surface area contributed by atoms with E-state index >= 15 is 0 Å². The molecule has 1 aromatic carbocycles. The molecule has 0 aliphatic rings. The molecule has 0 fully saturated rings. The summed E-state index contributed by atoms with van der Waals surface area (Å²) in [6.07, 6.45) is 0.363. The predicted octanol–water partition coefficient (Wildman–Crippen LogP) is 5.35. The van der Waals surface area contributed by atoms with E-state index in [2.05, 4.69) is 31.9 Å². The molecule has 0 saturated heterocycles. The standard InChI is InChI=1S/C12H7Br2ClOS/c13-11-6-9(12(14)17-11)10(16)5-7-2-1-3-8(15)4-7/h1-4,6H,5H2. The van der Waals surface area contributed by atoms with Crippen LogP contribution >= 0.6 is 54.8 Å². The Balaban J connectivity index is 2.20. The molecule has 0 saturated carbocycles. The van der Waals surface area contributed by atoms with Gasteiger partial charge in [0.05, 0.1) is 7.57 Å². The molecule has 0 radical (unpaired) electrons. The first kappa shape index (κ1) is 13.3. The Kier molecular flexibility index (Phi) is 4.42. The number of Topliss-reactive ketones (excluding diaryl/α,β-unsaturated/α-hetero) is 1. The zero-order valence-corrected chi connectivity index (χ0v) is 13.3. The van der Waals surface area contributed by atoms with Gasteiger partial charge in [0.15, 0.2) is 5.78 Å². The Hall–Kier alpha value is -0.160. The van der Waals surface area contributed by atoms with E-state index < -0.39 is 0 Å². The second kappa shape index (κ2) is 5.65. The molecule has 0 atom stereocenters. The molecular weight excluding hydrogens is 387 g/mol. The molecule has 17 heavy (non-hydrogen) atoms. The molecule has 2 rings (SSSR count). The third-order valence-corrected chi connectivity index (χ3v) is 4.79. The molecule has 1 heterocycles. The van der Waals surface area contributed by atoms with Crippen molar-refractivity contribution in [2.45, 2.75) is 6.42 Å². The average Bonchev–Trinajstić information content (AvgIpc) is 2.58. The highest BCUT2D eigenvalue weighted by molar-refractivity contribution is 9.12. The summed E-state index contributed by atoms with van der Waals surface area (Å²) in [4.78, 5) is 12.1. The molecule has 5 heteroatoms. The van der Waals surface area contributed by atoms with Crippen molar-refractivity contribution in [2.24, 2.45) is 0 Å². The smallest absolute Gasteiger partial charge is 0.169 e. The van der Waals surface area contributed by atoms with Crippen LogP contribution in [0.1, 0.15) is 15.9 Å². The van der Waals surface area contributed by atoms with Gasteiger partial charge < -0.3 is 0 Å². The number of carbonyl (C=O) groups excluding carboxylic acids is 1. The normalized spacial score (nSPS) is 10.5. The Morgan fingerprint density at radius 3 is 2.65 bits per heavy atom. The monoisotopic (exact) mass is 392 g/mol. The van der Waals surface area contributed by atoms with Crippen molar-refractivity contribution in [3.05, 3.63) is 54.1 Å². The number of ketones is 1. The summed E-state index contributed by atoms with van der Waals surface area (Å²) >= 11 is 14.1. The first-order valence-corrected chi connectivity index (χ1v) is 7.57. The van der Waals surface area contributed by atoms with E-state index in [1.54, 1.807) is 6.07 Å². The van der Waals surface area contributed by atoms with Crippen molar-refractivity contribution in [2.75, 3.05) is 0 Å². The van der Waals surface area contributed by atoms with Crippen LogP contribution in [0, 0.1) is 0 Å². The molecule has 0 aliphatic carbocycles. The number of halogens is 3. The van der Waals surface area contributed by atoms with Crippen LogP contribution in [0.3, 0.4) is 0 Å². The van der Waals surface area contributed by atoms with Crippen molar-refractivity contribution >= 4 is 60.6 Å². The quantitative estimate of drug-likeness (QED) is 0.641. The van der Waals surface area contributed by atoms with Crippen molar-refractivity contribution in [3.8, 4) is 0 Å². The molecule has 0 amide bonds. The van der Waals surface area contributed by atoms with Crippen LogP contribution in [0.2, 0.25) is 5.02 Å². The fourth-order valence-electron chi connectivity index (χ4n) is 1.46. The average molecular weight is 395 g/mol. The van der Waals surface area contributed by atoms with Crippen LogP contribution in [0.25, 0.3) is 0 Å². The van der Waals surface area contributed by atoms with Gasteiger partial charge >= 0.3 is 0 Å². The summed E-state index contributed by atoms with van der Waals surface area (Å²) in [5.41, 5.74) is 1.64. The summed E-state index contributed by atoms with van der Waals surface area (Å²) in [6, 6.07) is 9.20. The molecule has 0 spiro atoms. The van der Waals surface area contributed by atoms with Crippen molar-refractivity contribution in [1.29, 1.82) is 0 Å². The second-order valence-electron chi connectivity index (χ2n) is 3.47. The molecule has 1 aromatic heterocycles. The van der Waals surface area contributed by atoms with Gasteiger partial charge in [0.25, 0.3) is 0 Å². The van der Waals surface area contributed by atoms with E-state index in [4.69, 9.17) is 11.6 Å². The van der Waals surface area contributed by atoms with Crippen LogP contribution in [-0.2, 0) is 6.42 Å². The van der Waals surface area contributed by atoms with Crippen LogP contribution in [-0.4, -0.2) is 5.78 Å². The van der Waals surface area contributed by atoms with E-state index in [1.807, 2.05) is 24.3 Å². The fraction of sp³-hybridized carbons (Fsp3) is 0.0833. The van der Waals surface area contributed by atoms with Crippen LogP contribution in [0.4, 0.5) is 0 Å². The number of rotatable bonds is 3. The van der Waals surface area contributed by atoms with Gasteiger partial charge in [0.2, 0.25) is 0 Å². The third kappa shape index (κ3) is 3.41. The van der Waals surface area contributed by atoms with Gasteiger partial charge in [-0.15, -0.1) is 11.3 Å². The number of carbonyl (C=O) groups is 1. The maximum absolute atomic E-state index is 12.1. The summed E-state index contributed by atoms with van der Waals surface area (Å²) in [6.45, 7) is 0. The van der Waals surface area contributed by atoms with Crippen LogP contribution in [0.5, 0.6) is 0 Å². The number of hydrogen-bond acceptors (Lipinski definition) is 2. The first-order chi connectivity index (χ1) is 8.06. The minimum Gasteiger partial charge on any atom is -0.294 e. The largest absolute Gasteiger partial charge is 0.294 e. The zero-order valence-electron chi connectivity index (χ0n) is 8.54. The molecule has 0 N–H and O–H groups in total. The number of benzene rings is 1. The highest BCUT2D eigenvalue weighted by Gasteiger charge is 2.14. The Labute approximate surface area is 125 Å². The maximum Gasteiger partial charge on any atom is 0.169 e. The lowest BCUT2D eigenvalue weighted by molar-refractivity contribution is 0.0993. The summed E-state index contributed by atoms with van der Waals surface area (Å²) < 4.78 is 1.80. The number of thiophene rings is 1. The van der Waals surface area contributed by atoms with E-state index in [0.717, 1.165) is 13.1 Å². The predicted molar refractivity (Wildman–Crippen MR) is 79.2 cm³/mol. The van der Waals surface area contributed by atoms with E-state index in [0.29, 0.717) is 17.0 Å². The molecule has 1 nitrogen and oxygen atoms in total. The van der Waals surface area contributed by atoms with Gasteiger partial charge in [-0.25, -0.2) is 0 Å². The number of hydrogen-bond donors (Lipinski definition) is 0. The Morgan fingerprint density at radius 1 is 1.29 bits per heavy atom. The van der Waals surface area contributed by atoms with Gasteiger partial charge in [-0.05, 0) is 55.6 Å². The molecule has 0 bridgehead atoms. The summed E-state index contributed by atoms with van der Waals surface area (Å²) in [5.74, 6) is 0.0843. The van der Waals surface area contributed by atoms with Crippen molar-refractivity contribution in [3.63, 3.8) is 0 Å². The highest BCUT2D eigenvalue weighted by Crippen LogP contribution is 2.32. The summed E-state index contributed by atoms with van der Waals surface area (Å²) in [7, 11) is 0. The van der Waals surface area contributed by atoms with Crippen LogP contribution < -0.4 is 0 Å². The Bertz CT molecular complexity index is 565. The lowest BCUT2D eigenvalue weighted by Gasteiger charge is -2.00. The van der Waals surface area contributed by atoms with E-state index in [-0.39, 0.29) is 5.78 Å². The minimum atomic E-state index is 0.0843. The fourth-order valence-corrected chi connectivity index (χ4v) is 4.53. The summed E-state index contributed by atoms with van der Waals surface area (Å²) in [5, 5.41) is 0.654. The van der Waals surface area contributed by atoms with E-state index in [1.165, 1.54) is 11.3 Å². The SMILES string of the molecule is O=C(Cc1cccc(Cl)c1)c1cc(Br)sc1Br. The lowest BCUT2D eigenvalue weighted by atomic mass is 10.1. The van der Waals surface area contributed by atoms with E-state index in [9.17, 15) is 4.79 Å². The minimum absolute atomic E-state index is 0.0843. The second-order valence-corrected chi connectivity index (χ2v) is 7.65. The highest BCUT2D eigenvalue weighted by atomic mass is 79.9. The molecule has 88 valence electrons. The maximum atomic E-state index is 12.1. The molecular formula is C12H7Br2ClOS. The van der Waals surface area contributed by atoms with Crippen LogP contribution in [0.15, 0.2) is 37.9 Å². The third-order valence-electron chi connectivity index (χ3n) is 2.21. The molecule has 0 unspecified atom stereocenters. The van der Waals surface area contributed by atoms with Gasteiger partial charge in [0.1, 0.15) is 0 Å². The first-order valence-electron chi connectivity index (χ1n) is 4.79. The lowest BCUT2D eigenvalue weighted by Crippen LogP contribution is -2.02. The zero-order chi connectivity index (χ0) is 12.4. The Morgan fingerprint density at radius 2 is 2.06 bits per heavy atom. The van der Waals surface area contributed by atoms with Gasteiger partial charge in [-0.2, -0.15) is 0 Å². The van der Waals surface area contributed by atoms with Crippen molar-refractivity contribution in [1.82, 2.24) is 0 Å². The molecule has 2 aromatic rings. The van der Waals surface area contributed by atoms with Gasteiger partial charge in [0, 0.05) is 17.0 Å². The topological polar surface area (TPSA) is 17.1 Å². The van der Waals surface area contributed by atoms with Gasteiger partial charge in [-0.3, -0.25) is 4.79 Å². The van der Waals surface area contributed by atoms with Crippen molar-refractivity contribution < 1.29 is 4.79 Å².